The van der Waals surface area contributed by atoms with Crippen LogP contribution in [0.4, 0.5) is 0 Å². The van der Waals surface area contributed by atoms with Gasteiger partial charge >= 0.3 is 0 Å². The van der Waals surface area contributed by atoms with Crippen LogP contribution in [-0.2, 0) is 0 Å². The molecular formula is C19H25BrClNO. The van der Waals surface area contributed by atoms with E-state index in [9.17, 15) is 0 Å². The lowest BCUT2D eigenvalue weighted by molar-refractivity contribution is -0.915. The van der Waals surface area contributed by atoms with Crippen LogP contribution in [0.2, 0.25) is 0 Å². The highest BCUT2D eigenvalue weighted by Gasteiger charge is 2.23. The van der Waals surface area contributed by atoms with Crippen molar-refractivity contribution in [3.8, 4) is 23.7 Å². The first kappa shape index (κ1) is 22.0. The fourth-order valence-corrected chi connectivity index (χ4v) is 2.82. The maximum Gasteiger partial charge on any atom is 0.142 e. The van der Waals surface area contributed by atoms with E-state index >= 15 is 0 Å². The second-order valence-electron chi connectivity index (χ2n) is 5.43. The van der Waals surface area contributed by atoms with E-state index in [0.717, 1.165) is 53.5 Å². The Labute approximate surface area is 155 Å². The molecule has 0 atom stereocenters. The molecule has 0 unspecified atom stereocenters. The molecule has 0 heterocycles. The molecule has 1 aromatic rings. The number of halogens is 2. The van der Waals surface area contributed by atoms with Crippen molar-refractivity contribution in [2.45, 2.75) is 26.7 Å². The highest BCUT2D eigenvalue weighted by molar-refractivity contribution is 9.10. The van der Waals surface area contributed by atoms with Crippen LogP contribution in [0, 0.1) is 23.7 Å². The molecule has 0 aliphatic rings. The first-order valence-corrected chi connectivity index (χ1v) is 8.61. The Morgan fingerprint density at radius 2 is 1.52 bits per heavy atom. The van der Waals surface area contributed by atoms with Gasteiger partial charge in [0.2, 0.25) is 0 Å². The second-order valence-corrected chi connectivity index (χ2v) is 6.34. The molecule has 0 amide bonds. The third-order valence-corrected chi connectivity index (χ3v) is 4.03. The summed E-state index contributed by atoms with van der Waals surface area (Å²) in [6.07, 6.45) is 2.22. The van der Waals surface area contributed by atoms with E-state index in [1.165, 1.54) is 0 Å². The Bertz CT molecular complexity index is 557. The smallest absolute Gasteiger partial charge is 0.142 e. The average molecular weight is 399 g/mol. The summed E-state index contributed by atoms with van der Waals surface area (Å²) in [5.74, 6) is 12.5. The second kappa shape index (κ2) is 12.5. The molecule has 0 saturated carbocycles. The molecule has 0 bridgehead atoms. The van der Waals surface area contributed by atoms with Crippen molar-refractivity contribution in [1.82, 2.24) is 0 Å². The molecule has 1 aromatic carbocycles. The monoisotopic (exact) mass is 397 g/mol. The van der Waals surface area contributed by atoms with Gasteiger partial charge < -0.3 is 22.0 Å². The molecule has 0 fully saturated rings. The molecule has 0 aromatic heterocycles. The van der Waals surface area contributed by atoms with Gasteiger partial charge in [0.1, 0.15) is 19.7 Å². The van der Waals surface area contributed by atoms with Crippen molar-refractivity contribution in [3.05, 3.63) is 34.3 Å². The SMILES string of the molecule is CCC[N+](CC#CCO)(CC#Cc1ccc(Br)cc1)CCC.[Cl-]. The van der Waals surface area contributed by atoms with E-state index in [4.69, 9.17) is 5.11 Å². The van der Waals surface area contributed by atoms with Crippen molar-refractivity contribution in [2.24, 2.45) is 0 Å². The summed E-state index contributed by atoms with van der Waals surface area (Å²) in [6, 6.07) is 8.07. The zero-order valence-electron chi connectivity index (χ0n) is 13.9. The number of aliphatic hydroxyl groups is 1. The molecule has 0 aliphatic carbocycles. The summed E-state index contributed by atoms with van der Waals surface area (Å²) in [5.41, 5.74) is 1.04. The van der Waals surface area contributed by atoms with Crippen molar-refractivity contribution >= 4 is 15.9 Å². The Balaban J connectivity index is 0.00000484. The molecular weight excluding hydrogens is 374 g/mol. The zero-order valence-corrected chi connectivity index (χ0v) is 16.3. The normalized spacial score (nSPS) is 9.91. The lowest BCUT2D eigenvalue weighted by Crippen LogP contribution is -3.00. The number of benzene rings is 1. The summed E-state index contributed by atoms with van der Waals surface area (Å²) in [4.78, 5) is 0. The molecule has 1 rings (SSSR count). The lowest BCUT2D eigenvalue weighted by atomic mass is 10.2. The Morgan fingerprint density at radius 3 is 2.04 bits per heavy atom. The van der Waals surface area contributed by atoms with Crippen LogP contribution in [0.1, 0.15) is 32.3 Å². The molecule has 0 radical (unpaired) electrons. The van der Waals surface area contributed by atoms with Gasteiger partial charge in [0, 0.05) is 10.0 Å². The highest BCUT2D eigenvalue weighted by atomic mass is 79.9. The van der Waals surface area contributed by atoms with E-state index in [1.807, 2.05) is 24.3 Å². The quantitative estimate of drug-likeness (QED) is 0.544. The summed E-state index contributed by atoms with van der Waals surface area (Å²) in [7, 11) is 0. The Morgan fingerprint density at radius 1 is 0.957 bits per heavy atom. The van der Waals surface area contributed by atoms with Gasteiger partial charge in [-0.1, -0.05) is 41.6 Å². The average Bonchev–Trinajstić information content (AvgIpc) is 2.50. The first-order valence-electron chi connectivity index (χ1n) is 7.82. The number of rotatable bonds is 6. The highest BCUT2D eigenvalue weighted by Crippen LogP contribution is 2.11. The Kier molecular flexibility index (Phi) is 11.9. The molecule has 4 heteroatoms. The molecule has 126 valence electrons. The fraction of sp³-hybridized carbons (Fsp3) is 0.474. The van der Waals surface area contributed by atoms with Crippen molar-refractivity contribution in [3.63, 3.8) is 0 Å². The number of hydrogen-bond donors (Lipinski definition) is 1. The van der Waals surface area contributed by atoms with Gasteiger partial charge in [-0.2, -0.15) is 0 Å². The molecule has 0 spiro atoms. The van der Waals surface area contributed by atoms with E-state index in [1.54, 1.807) is 0 Å². The van der Waals surface area contributed by atoms with Crippen LogP contribution < -0.4 is 12.4 Å². The maximum atomic E-state index is 8.86. The van der Waals surface area contributed by atoms with Crippen molar-refractivity contribution in [1.29, 1.82) is 0 Å². The van der Waals surface area contributed by atoms with Crippen LogP contribution in [0.5, 0.6) is 0 Å². The Hall–Kier alpha value is -0.970. The van der Waals surface area contributed by atoms with E-state index in [-0.39, 0.29) is 19.0 Å². The van der Waals surface area contributed by atoms with Gasteiger partial charge in [0.15, 0.2) is 0 Å². The minimum atomic E-state index is -0.0666. The molecule has 0 aliphatic heterocycles. The van der Waals surface area contributed by atoms with Gasteiger partial charge in [-0.25, -0.2) is 0 Å². The van der Waals surface area contributed by atoms with Gasteiger partial charge in [-0.05, 0) is 48.9 Å². The van der Waals surface area contributed by atoms with E-state index < -0.39 is 0 Å². The van der Waals surface area contributed by atoms with Crippen molar-refractivity contribution < 1.29 is 22.0 Å². The lowest BCUT2D eigenvalue weighted by Gasteiger charge is -2.35. The topological polar surface area (TPSA) is 20.2 Å². The third-order valence-electron chi connectivity index (χ3n) is 3.51. The number of nitrogens with zero attached hydrogens (tertiary/aromatic N) is 1. The number of hydrogen-bond acceptors (Lipinski definition) is 1. The first-order chi connectivity index (χ1) is 10.7. The van der Waals surface area contributed by atoms with E-state index in [0.29, 0.717) is 0 Å². The van der Waals surface area contributed by atoms with Crippen LogP contribution in [0.15, 0.2) is 28.7 Å². The van der Waals surface area contributed by atoms with Crippen LogP contribution in [-0.4, -0.2) is 42.4 Å². The predicted molar refractivity (Wildman–Crippen MR) is 96.2 cm³/mol. The summed E-state index contributed by atoms with van der Waals surface area (Å²) in [5, 5.41) is 8.86. The zero-order chi connectivity index (χ0) is 16.3. The standard InChI is InChI=1S/C19H25BrNO.ClH/c1-3-13-21(14-4-2,15-5-6-17-22)16-7-8-18-9-11-19(20)12-10-18;/h9-12,22H,3-4,13-17H2,1-2H3;1H/q+1;/p-1. The molecule has 2 nitrogen and oxygen atoms in total. The molecule has 1 N–H and O–H groups in total. The minimum absolute atomic E-state index is 0. The summed E-state index contributed by atoms with van der Waals surface area (Å²) < 4.78 is 1.96. The molecule has 0 saturated heterocycles. The van der Waals surface area contributed by atoms with Gasteiger partial charge in [-0.15, -0.1) is 0 Å². The summed E-state index contributed by atoms with van der Waals surface area (Å²) in [6.45, 7) is 8.04. The van der Waals surface area contributed by atoms with Gasteiger partial charge in [0.25, 0.3) is 0 Å². The van der Waals surface area contributed by atoms with Crippen LogP contribution in [0.25, 0.3) is 0 Å². The maximum absolute atomic E-state index is 8.86. The summed E-state index contributed by atoms with van der Waals surface area (Å²) >= 11 is 3.43. The van der Waals surface area contributed by atoms with Crippen LogP contribution in [0.3, 0.4) is 0 Å². The number of quaternary nitrogens is 1. The van der Waals surface area contributed by atoms with E-state index in [2.05, 4.69) is 53.5 Å². The predicted octanol–water partition coefficient (Wildman–Crippen LogP) is 0.437. The van der Waals surface area contributed by atoms with Gasteiger partial charge in [-0.3, -0.25) is 0 Å². The fourth-order valence-electron chi connectivity index (χ4n) is 2.55. The van der Waals surface area contributed by atoms with Crippen LogP contribution >= 0.6 is 15.9 Å². The largest absolute Gasteiger partial charge is 1.00 e. The van der Waals surface area contributed by atoms with Crippen molar-refractivity contribution in [2.75, 3.05) is 32.8 Å². The molecule has 23 heavy (non-hydrogen) atoms. The third kappa shape index (κ3) is 8.45. The number of aliphatic hydroxyl groups excluding tert-OH is 1. The minimum Gasteiger partial charge on any atom is -1.00 e. The van der Waals surface area contributed by atoms with Gasteiger partial charge in [0.05, 0.1) is 13.1 Å².